The van der Waals surface area contributed by atoms with Crippen LogP contribution in [0.3, 0.4) is 0 Å². The third kappa shape index (κ3) is 5.13. The minimum atomic E-state index is -0.947. The molecule has 1 N–H and O–H groups in total. The topological polar surface area (TPSA) is 77.1 Å². The summed E-state index contributed by atoms with van der Waals surface area (Å²) in [4.78, 5) is 24.6. The average molecular weight is 422 g/mol. The molecule has 3 rings (SSSR count). The largest absolute Gasteiger partial charge is 0.478 e. The monoisotopic (exact) mass is 421 g/mol. The van der Waals surface area contributed by atoms with E-state index in [0.717, 1.165) is 42.6 Å². The first kappa shape index (κ1) is 22.5. The number of aromatic nitrogens is 3. The van der Waals surface area contributed by atoms with Gasteiger partial charge < -0.3 is 5.11 Å². The molecule has 0 unspecified atom stereocenters. The predicted octanol–water partition coefficient (Wildman–Crippen LogP) is 4.95. The zero-order chi connectivity index (χ0) is 22.6. The molecule has 0 saturated carbocycles. The van der Waals surface area contributed by atoms with Crippen molar-refractivity contribution >= 4 is 5.97 Å². The van der Waals surface area contributed by atoms with Crippen LogP contribution in [0.4, 0.5) is 0 Å². The van der Waals surface area contributed by atoms with Gasteiger partial charge in [-0.1, -0.05) is 62.2 Å². The van der Waals surface area contributed by atoms with E-state index in [4.69, 9.17) is 0 Å². The summed E-state index contributed by atoms with van der Waals surface area (Å²) < 4.78 is 3.34. The third-order valence-electron chi connectivity index (χ3n) is 5.34. The van der Waals surface area contributed by atoms with E-state index in [-0.39, 0.29) is 16.8 Å². The second-order valence-electron chi connectivity index (χ2n) is 8.87. The van der Waals surface area contributed by atoms with E-state index in [2.05, 4.69) is 12.0 Å². The highest BCUT2D eigenvalue weighted by Gasteiger charge is 2.22. The highest BCUT2D eigenvalue weighted by Crippen LogP contribution is 2.24. The first-order chi connectivity index (χ1) is 14.7. The molecule has 0 radical (unpaired) electrons. The van der Waals surface area contributed by atoms with Crippen molar-refractivity contribution in [3.63, 3.8) is 0 Å². The number of carboxylic acid groups (broad SMARTS) is 1. The summed E-state index contributed by atoms with van der Waals surface area (Å²) in [7, 11) is 0. The van der Waals surface area contributed by atoms with Gasteiger partial charge in [0.25, 0.3) is 0 Å². The Morgan fingerprint density at radius 3 is 2.32 bits per heavy atom. The fraction of sp³-hybridized carbons (Fsp3) is 0.400. The molecular formula is C25H31N3O3. The summed E-state index contributed by atoms with van der Waals surface area (Å²) in [6.45, 7) is 8.55. The van der Waals surface area contributed by atoms with Gasteiger partial charge in [-0.2, -0.15) is 5.10 Å². The molecule has 0 fully saturated rings. The maximum Gasteiger partial charge on any atom is 0.346 e. The summed E-state index contributed by atoms with van der Waals surface area (Å²) >= 11 is 0. The van der Waals surface area contributed by atoms with Crippen molar-refractivity contribution in [2.24, 2.45) is 0 Å². The number of hydrogen-bond acceptors (Lipinski definition) is 3. The second kappa shape index (κ2) is 9.33. The molecule has 6 heteroatoms. The first-order valence-corrected chi connectivity index (χ1v) is 10.8. The standard InChI is InChI=1S/C25H31N3O3/c1-5-6-7-12-22-26-28(25(2,3)4)24(31)27(22)17-18-13-15-19(16-14-18)20-10-8-9-11-21(20)23(29)30/h8-11,13-16H,5-7,12,17H2,1-4H3,(H,29,30). The first-order valence-electron chi connectivity index (χ1n) is 10.8. The quantitative estimate of drug-likeness (QED) is 0.522. The smallest absolute Gasteiger partial charge is 0.346 e. The molecule has 1 aromatic heterocycles. The number of aromatic carboxylic acids is 1. The highest BCUT2D eigenvalue weighted by atomic mass is 16.4. The molecule has 164 valence electrons. The molecule has 0 amide bonds. The van der Waals surface area contributed by atoms with Crippen LogP contribution in [-0.4, -0.2) is 25.4 Å². The maximum atomic E-state index is 13.1. The molecule has 0 spiro atoms. The Balaban J connectivity index is 1.91. The lowest BCUT2D eigenvalue weighted by Gasteiger charge is -2.16. The number of carboxylic acids is 1. The number of unbranched alkanes of at least 4 members (excludes halogenated alkanes) is 2. The summed E-state index contributed by atoms with van der Waals surface area (Å²) in [5.41, 5.74) is 2.29. The van der Waals surface area contributed by atoms with E-state index in [1.165, 1.54) is 0 Å². The number of hydrogen-bond donors (Lipinski definition) is 1. The van der Waals surface area contributed by atoms with Gasteiger partial charge in [-0.15, -0.1) is 0 Å². The SMILES string of the molecule is CCCCCc1nn(C(C)(C)C)c(=O)n1Cc1ccc(-c2ccccc2C(=O)O)cc1. The molecule has 1 heterocycles. The minimum absolute atomic E-state index is 0.0979. The fourth-order valence-electron chi connectivity index (χ4n) is 3.64. The third-order valence-corrected chi connectivity index (χ3v) is 5.34. The van der Waals surface area contributed by atoms with Crippen molar-refractivity contribution in [2.45, 2.75) is 65.5 Å². The van der Waals surface area contributed by atoms with Crippen LogP contribution in [0, 0.1) is 0 Å². The van der Waals surface area contributed by atoms with Crippen LogP contribution in [0.2, 0.25) is 0 Å². The van der Waals surface area contributed by atoms with Crippen molar-refractivity contribution < 1.29 is 9.90 Å². The summed E-state index contributed by atoms with van der Waals surface area (Å²) in [5, 5.41) is 14.1. The van der Waals surface area contributed by atoms with E-state index in [1.807, 2.05) is 57.2 Å². The van der Waals surface area contributed by atoms with E-state index in [9.17, 15) is 14.7 Å². The predicted molar refractivity (Wildman–Crippen MR) is 123 cm³/mol. The van der Waals surface area contributed by atoms with Gasteiger partial charge in [-0.05, 0) is 49.9 Å². The molecule has 3 aromatic rings. The van der Waals surface area contributed by atoms with Crippen molar-refractivity contribution in [2.75, 3.05) is 0 Å². The van der Waals surface area contributed by atoms with Crippen molar-refractivity contribution in [3.8, 4) is 11.1 Å². The molecule has 0 saturated heterocycles. The Morgan fingerprint density at radius 1 is 1.03 bits per heavy atom. The van der Waals surface area contributed by atoms with E-state index < -0.39 is 5.97 Å². The summed E-state index contributed by atoms with van der Waals surface area (Å²) in [6.07, 6.45) is 4.00. The average Bonchev–Trinajstić information content (AvgIpc) is 3.05. The van der Waals surface area contributed by atoms with Crippen molar-refractivity contribution in [3.05, 3.63) is 76.0 Å². The molecule has 0 aliphatic carbocycles. The normalized spacial score (nSPS) is 11.6. The fourth-order valence-corrected chi connectivity index (χ4v) is 3.64. The Hall–Kier alpha value is -3.15. The van der Waals surface area contributed by atoms with Crippen LogP contribution < -0.4 is 5.69 Å². The summed E-state index contributed by atoms with van der Waals surface area (Å²) in [6, 6.07) is 14.7. The lowest BCUT2D eigenvalue weighted by atomic mass is 9.99. The van der Waals surface area contributed by atoms with E-state index >= 15 is 0 Å². The lowest BCUT2D eigenvalue weighted by Crippen LogP contribution is -2.36. The lowest BCUT2D eigenvalue weighted by molar-refractivity contribution is 0.0697. The van der Waals surface area contributed by atoms with Crippen molar-refractivity contribution in [1.82, 2.24) is 14.3 Å². The van der Waals surface area contributed by atoms with Crippen LogP contribution in [0.15, 0.2) is 53.3 Å². The van der Waals surface area contributed by atoms with Gasteiger partial charge in [-0.3, -0.25) is 4.57 Å². The minimum Gasteiger partial charge on any atom is -0.478 e. The van der Waals surface area contributed by atoms with Gasteiger partial charge in [0.15, 0.2) is 0 Å². The van der Waals surface area contributed by atoms with Crippen LogP contribution in [0.1, 0.15) is 68.7 Å². The molecule has 0 aliphatic rings. The van der Waals surface area contributed by atoms with Gasteiger partial charge in [0.2, 0.25) is 0 Å². The molecule has 2 aromatic carbocycles. The number of rotatable bonds is 8. The van der Waals surface area contributed by atoms with E-state index in [0.29, 0.717) is 12.1 Å². The Bertz CT molecular complexity index is 1100. The summed E-state index contributed by atoms with van der Waals surface area (Å²) in [5.74, 6) is -0.133. The van der Waals surface area contributed by atoms with Crippen LogP contribution in [0.25, 0.3) is 11.1 Å². The zero-order valence-corrected chi connectivity index (χ0v) is 18.8. The van der Waals surface area contributed by atoms with Gasteiger partial charge in [0, 0.05) is 6.42 Å². The van der Waals surface area contributed by atoms with Crippen molar-refractivity contribution in [1.29, 1.82) is 0 Å². The van der Waals surface area contributed by atoms with Gasteiger partial charge in [0.05, 0.1) is 17.6 Å². The van der Waals surface area contributed by atoms with Gasteiger partial charge in [-0.25, -0.2) is 14.3 Å². The Kier molecular flexibility index (Phi) is 6.78. The maximum absolute atomic E-state index is 13.1. The van der Waals surface area contributed by atoms with Crippen LogP contribution in [-0.2, 0) is 18.5 Å². The Morgan fingerprint density at radius 2 is 1.71 bits per heavy atom. The highest BCUT2D eigenvalue weighted by molar-refractivity contribution is 5.95. The molecule has 0 aliphatic heterocycles. The molecule has 0 atom stereocenters. The second-order valence-corrected chi connectivity index (χ2v) is 8.87. The molecule has 6 nitrogen and oxygen atoms in total. The van der Waals surface area contributed by atoms with Gasteiger partial charge >= 0.3 is 11.7 Å². The van der Waals surface area contributed by atoms with Crippen LogP contribution >= 0.6 is 0 Å². The van der Waals surface area contributed by atoms with Gasteiger partial charge in [0.1, 0.15) is 5.82 Å². The van der Waals surface area contributed by atoms with Crippen LogP contribution in [0.5, 0.6) is 0 Å². The number of carbonyl (C=O) groups is 1. The van der Waals surface area contributed by atoms with E-state index in [1.54, 1.807) is 21.4 Å². The molecule has 0 bridgehead atoms. The molecule has 31 heavy (non-hydrogen) atoms. The Labute approximate surface area is 183 Å². The number of aryl methyl sites for hydroxylation is 1. The zero-order valence-electron chi connectivity index (χ0n) is 18.8. The number of nitrogens with zero attached hydrogens (tertiary/aromatic N) is 3. The molecular weight excluding hydrogens is 390 g/mol. The number of benzene rings is 2.